The first-order valence-corrected chi connectivity index (χ1v) is 11.0. The van der Waals surface area contributed by atoms with Crippen molar-refractivity contribution in [3.8, 4) is 0 Å². The molecule has 1 N–H and O–H groups in total. The minimum atomic E-state index is -0.588. The fourth-order valence-electron chi connectivity index (χ4n) is 3.41. The molecule has 32 heavy (non-hydrogen) atoms. The van der Waals surface area contributed by atoms with Gasteiger partial charge in [0.2, 0.25) is 0 Å². The zero-order chi connectivity index (χ0) is 22.7. The van der Waals surface area contributed by atoms with Crippen molar-refractivity contribution in [3.63, 3.8) is 0 Å². The zero-order valence-corrected chi connectivity index (χ0v) is 18.3. The van der Waals surface area contributed by atoms with E-state index >= 15 is 0 Å². The Hall–Kier alpha value is -3.50. The summed E-state index contributed by atoms with van der Waals surface area (Å²) in [7, 11) is 0. The molecule has 0 aliphatic carbocycles. The molecule has 0 bridgehead atoms. The number of para-hydroxylation sites is 1. The highest BCUT2D eigenvalue weighted by Crippen LogP contribution is 2.25. The van der Waals surface area contributed by atoms with Crippen LogP contribution in [0, 0.1) is 10.1 Å². The highest BCUT2D eigenvalue weighted by molar-refractivity contribution is 7.13. The molecule has 1 saturated heterocycles. The maximum Gasteiger partial charge on any atom is 0.270 e. The van der Waals surface area contributed by atoms with Gasteiger partial charge in [0.05, 0.1) is 26.8 Å². The van der Waals surface area contributed by atoms with Crippen molar-refractivity contribution in [2.75, 3.05) is 36.4 Å². The number of hydrogen-bond donors (Lipinski definition) is 1. The molecule has 11 heteroatoms. The normalized spacial score (nSPS) is 13.7. The number of nitrogens with zero attached hydrogens (tertiary/aromatic N) is 4. The lowest BCUT2D eigenvalue weighted by Crippen LogP contribution is -2.48. The van der Waals surface area contributed by atoms with Gasteiger partial charge in [-0.05, 0) is 18.2 Å². The number of carbonyl (C=O) groups is 2. The van der Waals surface area contributed by atoms with Crippen molar-refractivity contribution in [2.24, 2.45) is 0 Å². The molecule has 3 aromatic rings. The summed E-state index contributed by atoms with van der Waals surface area (Å²) >= 11 is 7.63. The van der Waals surface area contributed by atoms with Gasteiger partial charge in [-0.1, -0.05) is 23.7 Å². The molecule has 1 aromatic heterocycles. The monoisotopic (exact) mass is 471 g/mol. The molecule has 1 aliphatic rings. The molecule has 0 spiro atoms. The van der Waals surface area contributed by atoms with Crippen molar-refractivity contribution in [1.29, 1.82) is 0 Å². The number of non-ortho nitro benzene ring substituents is 1. The Morgan fingerprint density at radius 3 is 2.50 bits per heavy atom. The SMILES string of the molecule is O=C(Nc1ccccc1C(=O)N1CCN(c2nccs2)CC1)c1ccc([N+](=O)[O-])cc1Cl. The number of amides is 2. The number of thiazole rings is 1. The maximum atomic E-state index is 13.2. The Bertz CT molecular complexity index is 1160. The number of carbonyl (C=O) groups excluding carboxylic acids is 2. The van der Waals surface area contributed by atoms with E-state index in [-0.39, 0.29) is 22.2 Å². The number of nitrogens with one attached hydrogen (secondary N) is 1. The first-order valence-electron chi connectivity index (χ1n) is 9.72. The van der Waals surface area contributed by atoms with Crippen LogP contribution in [0.25, 0.3) is 0 Å². The predicted molar refractivity (Wildman–Crippen MR) is 123 cm³/mol. The number of piperazine rings is 1. The summed E-state index contributed by atoms with van der Waals surface area (Å²) in [5.41, 5.74) is 0.580. The van der Waals surface area contributed by atoms with Crippen LogP contribution in [0.15, 0.2) is 54.0 Å². The van der Waals surface area contributed by atoms with Crippen LogP contribution < -0.4 is 10.2 Å². The standard InChI is InChI=1S/C21H18ClN5O4S/c22-17-13-14(27(30)31)5-6-15(17)19(28)24-18-4-2-1-3-16(18)20(29)25-8-10-26(11-9-25)21-23-7-12-32-21/h1-7,12-13H,8-11H2,(H,24,28). The van der Waals surface area contributed by atoms with Crippen LogP contribution in [-0.2, 0) is 0 Å². The Morgan fingerprint density at radius 1 is 1.09 bits per heavy atom. The molecule has 1 fully saturated rings. The van der Waals surface area contributed by atoms with Crippen molar-refractivity contribution in [2.45, 2.75) is 0 Å². The summed E-state index contributed by atoms with van der Waals surface area (Å²) in [6.45, 7) is 2.42. The third-order valence-electron chi connectivity index (χ3n) is 5.07. The lowest BCUT2D eigenvalue weighted by Gasteiger charge is -2.34. The van der Waals surface area contributed by atoms with E-state index in [1.165, 1.54) is 12.1 Å². The van der Waals surface area contributed by atoms with Crippen LogP contribution in [-0.4, -0.2) is 52.8 Å². The fraction of sp³-hybridized carbons (Fsp3) is 0.190. The Morgan fingerprint density at radius 2 is 1.84 bits per heavy atom. The second-order valence-corrected chi connectivity index (χ2v) is 8.30. The number of aromatic nitrogens is 1. The highest BCUT2D eigenvalue weighted by atomic mass is 35.5. The smallest absolute Gasteiger partial charge is 0.270 e. The largest absolute Gasteiger partial charge is 0.345 e. The van der Waals surface area contributed by atoms with Crippen LogP contribution in [0.5, 0.6) is 0 Å². The maximum absolute atomic E-state index is 13.2. The first kappa shape index (κ1) is 21.7. The molecule has 2 heterocycles. The van der Waals surface area contributed by atoms with E-state index in [0.717, 1.165) is 11.2 Å². The number of nitro groups is 1. The van der Waals surface area contributed by atoms with Crippen LogP contribution in [0.1, 0.15) is 20.7 Å². The van der Waals surface area contributed by atoms with Gasteiger partial charge in [0.25, 0.3) is 17.5 Å². The predicted octanol–water partition coefficient (Wildman–Crippen LogP) is 3.92. The summed E-state index contributed by atoms with van der Waals surface area (Å²) in [5, 5.41) is 16.4. The van der Waals surface area contributed by atoms with Gasteiger partial charge < -0.3 is 15.1 Å². The van der Waals surface area contributed by atoms with Gasteiger partial charge in [-0.2, -0.15) is 0 Å². The second kappa shape index (κ2) is 9.33. The topological polar surface area (TPSA) is 109 Å². The van der Waals surface area contributed by atoms with E-state index in [9.17, 15) is 19.7 Å². The summed E-state index contributed by atoms with van der Waals surface area (Å²) in [6.07, 6.45) is 1.76. The molecule has 4 rings (SSSR count). The first-order chi connectivity index (χ1) is 15.4. The minimum absolute atomic E-state index is 0.0428. The molecule has 0 saturated carbocycles. The Kier molecular flexibility index (Phi) is 6.33. The van der Waals surface area contributed by atoms with Crippen LogP contribution in [0.3, 0.4) is 0 Å². The van der Waals surface area contributed by atoms with Gasteiger partial charge >= 0.3 is 0 Å². The van der Waals surface area contributed by atoms with E-state index in [1.54, 1.807) is 46.7 Å². The molecule has 0 radical (unpaired) electrons. The van der Waals surface area contributed by atoms with E-state index < -0.39 is 10.8 Å². The molecule has 9 nitrogen and oxygen atoms in total. The van der Waals surface area contributed by atoms with Gasteiger partial charge in [-0.25, -0.2) is 4.98 Å². The lowest BCUT2D eigenvalue weighted by molar-refractivity contribution is -0.384. The van der Waals surface area contributed by atoms with Crippen LogP contribution in [0.4, 0.5) is 16.5 Å². The summed E-state index contributed by atoms with van der Waals surface area (Å²) in [4.78, 5) is 44.4. The molecule has 0 unspecified atom stereocenters. The van der Waals surface area contributed by atoms with Gasteiger partial charge in [0, 0.05) is 49.9 Å². The lowest BCUT2D eigenvalue weighted by atomic mass is 10.1. The number of halogens is 1. The van der Waals surface area contributed by atoms with Gasteiger partial charge in [-0.3, -0.25) is 19.7 Å². The summed E-state index contributed by atoms with van der Waals surface area (Å²) in [5.74, 6) is -0.742. The van der Waals surface area contributed by atoms with Gasteiger partial charge in [0.15, 0.2) is 5.13 Å². The molecular weight excluding hydrogens is 454 g/mol. The minimum Gasteiger partial charge on any atom is -0.345 e. The van der Waals surface area contributed by atoms with E-state index in [1.807, 2.05) is 5.38 Å². The van der Waals surface area contributed by atoms with E-state index in [2.05, 4.69) is 15.2 Å². The number of rotatable bonds is 5. The molecule has 2 amide bonds. The molecule has 0 atom stereocenters. The zero-order valence-electron chi connectivity index (χ0n) is 16.7. The van der Waals surface area contributed by atoms with Crippen molar-refractivity contribution >= 4 is 51.3 Å². The molecule has 1 aliphatic heterocycles. The fourth-order valence-corrected chi connectivity index (χ4v) is 4.37. The third-order valence-corrected chi connectivity index (χ3v) is 6.22. The van der Waals surface area contributed by atoms with E-state index in [0.29, 0.717) is 37.4 Å². The Labute approximate surface area is 192 Å². The number of anilines is 2. The van der Waals surface area contributed by atoms with Gasteiger partial charge in [-0.15, -0.1) is 11.3 Å². The van der Waals surface area contributed by atoms with Crippen LogP contribution >= 0.6 is 22.9 Å². The third kappa shape index (κ3) is 4.56. The highest BCUT2D eigenvalue weighted by Gasteiger charge is 2.25. The molecule has 2 aromatic carbocycles. The Balaban J connectivity index is 1.48. The number of hydrogen-bond acceptors (Lipinski definition) is 7. The summed E-state index contributed by atoms with van der Waals surface area (Å²) in [6, 6.07) is 10.4. The van der Waals surface area contributed by atoms with Crippen LogP contribution in [0.2, 0.25) is 5.02 Å². The average molecular weight is 472 g/mol. The summed E-state index contributed by atoms with van der Waals surface area (Å²) < 4.78 is 0. The molecule has 164 valence electrons. The van der Waals surface area contributed by atoms with E-state index in [4.69, 9.17) is 11.6 Å². The van der Waals surface area contributed by atoms with Crippen molar-refractivity contribution in [1.82, 2.24) is 9.88 Å². The van der Waals surface area contributed by atoms with Crippen molar-refractivity contribution < 1.29 is 14.5 Å². The van der Waals surface area contributed by atoms with Gasteiger partial charge in [0.1, 0.15) is 0 Å². The van der Waals surface area contributed by atoms with Crippen molar-refractivity contribution in [3.05, 3.63) is 80.3 Å². The quantitative estimate of drug-likeness (QED) is 0.446. The second-order valence-electron chi connectivity index (χ2n) is 7.01. The average Bonchev–Trinajstić information content (AvgIpc) is 3.34. The molecular formula is C21H18ClN5O4S. The number of benzene rings is 2. The number of nitro benzene ring substituents is 1.